The Morgan fingerprint density at radius 3 is 2.79 bits per heavy atom. The number of ether oxygens (including phenoxy) is 2. The molecule has 0 radical (unpaired) electrons. The molecule has 9 heteroatoms. The number of aromatic nitrogens is 4. The number of hydrogen-bond donors (Lipinski definition) is 1. The Morgan fingerprint density at radius 2 is 2.04 bits per heavy atom. The second kappa shape index (κ2) is 9.36. The number of benzene rings is 2. The second-order valence-corrected chi connectivity index (χ2v) is 6.42. The van der Waals surface area contributed by atoms with E-state index < -0.39 is 5.82 Å². The minimum absolute atomic E-state index is 0.0214. The van der Waals surface area contributed by atoms with Gasteiger partial charge in [0.15, 0.2) is 11.5 Å². The van der Waals surface area contributed by atoms with E-state index in [1.807, 2.05) is 19.1 Å². The van der Waals surface area contributed by atoms with Crippen molar-refractivity contribution in [3.63, 3.8) is 0 Å². The van der Waals surface area contributed by atoms with Crippen molar-refractivity contribution in [3.05, 3.63) is 58.4 Å². The molecule has 0 aliphatic heterocycles. The third-order valence-electron chi connectivity index (χ3n) is 4.11. The molecular formula is C19H21ClFN5O2. The number of aryl methyl sites for hydroxylation is 1. The highest BCUT2D eigenvalue weighted by Crippen LogP contribution is 2.33. The van der Waals surface area contributed by atoms with Crippen LogP contribution >= 0.6 is 11.6 Å². The molecule has 28 heavy (non-hydrogen) atoms. The lowest BCUT2D eigenvalue weighted by Crippen LogP contribution is -2.10. The molecule has 0 unspecified atom stereocenters. The van der Waals surface area contributed by atoms with Crippen LogP contribution in [0.25, 0.3) is 0 Å². The zero-order chi connectivity index (χ0) is 19.9. The van der Waals surface area contributed by atoms with Crippen LogP contribution in [-0.4, -0.2) is 27.3 Å². The first-order valence-corrected chi connectivity index (χ1v) is 9.23. The van der Waals surface area contributed by atoms with Gasteiger partial charge in [0, 0.05) is 24.2 Å². The van der Waals surface area contributed by atoms with Crippen LogP contribution in [0.4, 0.5) is 10.3 Å². The number of para-hydroxylation sites is 1. The molecule has 0 amide bonds. The van der Waals surface area contributed by atoms with Gasteiger partial charge in [0.25, 0.3) is 0 Å². The molecule has 1 heterocycles. The number of nitrogens with one attached hydrogen (secondary N) is 1. The third kappa shape index (κ3) is 4.51. The van der Waals surface area contributed by atoms with Gasteiger partial charge in [0.1, 0.15) is 12.4 Å². The highest BCUT2D eigenvalue weighted by molar-refractivity contribution is 6.31. The normalized spacial score (nSPS) is 10.7. The number of methoxy groups -OCH3 is 1. The minimum atomic E-state index is -0.416. The predicted molar refractivity (Wildman–Crippen MR) is 104 cm³/mol. The second-order valence-electron chi connectivity index (χ2n) is 6.02. The number of nitrogens with zero attached hydrogens (tertiary/aromatic N) is 4. The van der Waals surface area contributed by atoms with E-state index in [2.05, 4.69) is 20.8 Å². The van der Waals surface area contributed by atoms with Crippen LogP contribution in [-0.2, 0) is 19.7 Å². The molecule has 1 N–H and O–H groups in total. The summed E-state index contributed by atoms with van der Waals surface area (Å²) in [5.74, 6) is 1.19. The largest absolute Gasteiger partial charge is 0.493 e. The van der Waals surface area contributed by atoms with Crippen molar-refractivity contribution >= 4 is 17.5 Å². The van der Waals surface area contributed by atoms with E-state index in [-0.39, 0.29) is 6.61 Å². The van der Waals surface area contributed by atoms with Crippen molar-refractivity contribution in [1.29, 1.82) is 0 Å². The van der Waals surface area contributed by atoms with Gasteiger partial charge in [-0.05, 0) is 35.0 Å². The average molecular weight is 406 g/mol. The van der Waals surface area contributed by atoms with Crippen molar-refractivity contribution < 1.29 is 13.9 Å². The monoisotopic (exact) mass is 405 g/mol. The summed E-state index contributed by atoms with van der Waals surface area (Å²) in [6.45, 7) is 3.14. The Labute approximate surface area is 167 Å². The number of hydrogen-bond acceptors (Lipinski definition) is 6. The summed E-state index contributed by atoms with van der Waals surface area (Å²) < 4.78 is 27.1. The van der Waals surface area contributed by atoms with E-state index in [9.17, 15) is 4.39 Å². The standard InChI is InChI=1S/C19H21ClFN5O2/c1-3-10-26-19(23-24-25-26)22-11-13-6-4-9-17(27-2)18(13)28-12-14-15(20)7-5-8-16(14)21/h4-9H,3,10-12H2,1-2H3,(H,22,23,25). The van der Waals surface area contributed by atoms with Gasteiger partial charge >= 0.3 is 0 Å². The predicted octanol–water partition coefficient (Wildman–Crippen LogP) is 4.08. The number of halogens is 2. The number of anilines is 1. The van der Waals surface area contributed by atoms with Gasteiger partial charge in [0.05, 0.1) is 12.1 Å². The topological polar surface area (TPSA) is 74.1 Å². The highest BCUT2D eigenvalue weighted by Gasteiger charge is 2.15. The molecule has 0 bridgehead atoms. The zero-order valence-corrected chi connectivity index (χ0v) is 16.4. The average Bonchev–Trinajstić information content (AvgIpc) is 3.13. The SMILES string of the molecule is CCCn1nnnc1NCc1cccc(OC)c1OCc1c(F)cccc1Cl. The number of tetrazole rings is 1. The summed E-state index contributed by atoms with van der Waals surface area (Å²) in [4.78, 5) is 0. The van der Waals surface area contributed by atoms with Crippen molar-refractivity contribution in [2.75, 3.05) is 12.4 Å². The van der Waals surface area contributed by atoms with Gasteiger partial charge < -0.3 is 14.8 Å². The highest BCUT2D eigenvalue weighted by atomic mass is 35.5. The van der Waals surface area contributed by atoms with Crippen LogP contribution in [0, 0.1) is 5.82 Å². The molecule has 0 fully saturated rings. The maximum atomic E-state index is 14.1. The van der Waals surface area contributed by atoms with Gasteiger partial charge in [-0.1, -0.05) is 41.8 Å². The summed E-state index contributed by atoms with van der Waals surface area (Å²) in [5.41, 5.74) is 1.11. The summed E-state index contributed by atoms with van der Waals surface area (Å²) in [6.07, 6.45) is 0.913. The quantitative estimate of drug-likeness (QED) is 0.578. The summed E-state index contributed by atoms with van der Waals surface area (Å²) in [5, 5.41) is 15.1. The van der Waals surface area contributed by atoms with Gasteiger partial charge in [0.2, 0.25) is 5.95 Å². The molecule has 2 aromatic carbocycles. The lowest BCUT2D eigenvalue weighted by atomic mass is 10.1. The summed E-state index contributed by atoms with van der Waals surface area (Å²) in [7, 11) is 1.55. The fourth-order valence-electron chi connectivity index (χ4n) is 2.71. The fraction of sp³-hybridized carbons (Fsp3) is 0.316. The van der Waals surface area contributed by atoms with Crippen molar-refractivity contribution in [2.45, 2.75) is 33.0 Å². The van der Waals surface area contributed by atoms with E-state index in [0.717, 1.165) is 12.0 Å². The molecule has 7 nitrogen and oxygen atoms in total. The van der Waals surface area contributed by atoms with Gasteiger partial charge in [-0.2, -0.15) is 0 Å². The first-order valence-electron chi connectivity index (χ1n) is 8.85. The summed E-state index contributed by atoms with van der Waals surface area (Å²) in [6, 6.07) is 10.1. The van der Waals surface area contributed by atoms with Crippen LogP contribution in [0.3, 0.4) is 0 Å². The van der Waals surface area contributed by atoms with Crippen LogP contribution < -0.4 is 14.8 Å². The molecule has 148 valence electrons. The van der Waals surface area contributed by atoms with E-state index in [0.29, 0.717) is 41.1 Å². The molecule has 0 spiro atoms. The molecule has 0 aliphatic rings. The molecule has 0 saturated heterocycles. The molecule has 0 saturated carbocycles. The van der Waals surface area contributed by atoms with E-state index in [4.69, 9.17) is 21.1 Å². The van der Waals surface area contributed by atoms with Crippen LogP contribution in [0.5, 0.6) is 11.5 Å². The third-order valence-corrected chi connectivity index (χ3v) is 4.46. The Kier molecular flexibility index (Phi) is 6.65. The fourth-order valence-corrected chi connectivity index (χ4v) is 2.93. The van der Waals surface area contributed by atoms with Gasteiger partial charge in [-0.3, -0.25) is 0 Å². The Balaban J connectivity index is 1.79. The van der Waals surface area contributed by atoms with Crippen molar-refractivity contribution in [3.8, 4) is 11.5 Å². The minimum Gasteiger partial charge on any atom is -0.493 e. The van der Waals surface area contributed by atoms with Crippen LogP contribution in [0.1, 0.15) is 24.5 Å². The van der Waals surface area contributed by atoms with Gasteiger partial charge in [-0.25, -0.2) is 9.07 Å². The Hall–Kier alpha value is -2.87. The van der Waals surface area contributed by atoms with E-state index >= 15 is 0 Å². The number of rotatable bonds is 9. The van der Waals surface area contributed by atoms with Crippen molar-refractivity contribution in [2.24, 2.45) is 0 Å². The van der Waals surface area contributed by atoms with Crippen LogP contribution in [0.2, 0.25) is 5.02 Å². The van der Waals surface area contributed by atoms with E-state index in [1.54, 1.807) is 30.0 Å². The maximum Gasteiger partial charge on any atom is 0.243 e. The van der Waals surface area contributed by atoms with Gasteiger partial charge in [-0.15, -0.1) is 0 Å². The molecular weight excluding hydrogens is 385 g/mol. The zero-order valence-electron chi connectivity index (χ0n) is 15.7. The Morgan fingerprint density at radius 1 is 1.21 bits per heavy atom. The first kappa shape index (κ1) is 19.9. The molecule has 3 rings (SSSR count). The lowest BCUT2D eigenvalue weighted by molar-refractivity contribution is 0.277. The smallest absolute Gasteiger partial charge is 0.243 e. The van der Waals surface area contributed by atoms with Crippen LogP contribution in [0.15, 0.2) is 36.4 Å². The summed E-state index contributed by atoms with van der Waals surface area (Å²) >= 11 is 6.10. The molecule has 0 atom stereocenters. The first-order chi connectivity index (χ1) is 13.6. The van der Waals surface area contributed by atoms with Crippen molar-refractivity contribution in [1.82, 2.24) is 20.2 Å². The molecule has 1 aromatic heterocycles. The molecule has 0 aliphatic carbocycles. The molecule has 3 aromatic rings. The lowest BCUT2D eigenvalue weighted by Gasteiger charge is -2.16. The van der Waals surface area contributed by atoms with E-state index in [1.165, 1.54) is 6.07 Å². The Bertz CT molecular complexity index is 914. The maximum absolute atomic E-state index is 14.1.